The standard InChI is InChI=1S/C10H14N4O4/c15-10(16)12-7-1-3-8(4-2-7)13-6-9(5-11-13)14(17)18/h5-8,12H,1-4H2,(H,15,16)/t7-,8-. The summed E-state index contributed by atoms with van der Waals surface area (Å²) in [5.41, 5.74) is -0.0132. The molecule has 0 radical (unpaired) electrons. The lowest BCUT2D eigenvalue weighted by Gasteiger charge is -2.28. The van der Waals surface area contributed by atoms with Gasteiger partial charge in [-0.2, -0.15) is 5.10 Å². The average Bonchev–Trinajstić information content (AvgIpc) is 2.78. The van der Waals surface area contributed by atoms with Gasteiger partial charge >= 0.3 is 11.8 Å². The van der Waals surface area contributed by atoms with Crippen molar-refractivity contribution in [3.63, 3.8) is 0 Å². The van der Waals surface area contributed by atoms with Crippen molar-refractivity contribution in [1.29, 1.82) is 0 Å². The van der Waals surface area contributed by atoms with Crippen molar-refractivity contribution in [2.75, 3.05) is 0 Å². The number of nitrogens with one attached hydrogen (secondary N) is 1. The first-order chi connectivity index (χ1) is 8.56. The molecule has 18 heavy (non-hydrogen) atoms. The van der Waals surface area contributed by atoms with E-state index in [1.807, 2.05) is 0 Å². The van der Waals surface area contributed by atoms with E-state index in [4.69, 9.17) is 5.11 Å². The first kappa shape index (κ1) is 12.3. The summed E-state index contributed by atoms with van der Waals surface area (Å²) in [5.74, 6) is 0. The van der Waals surface area contributed by atoms with Crippen LogP contribution < -0.4 is 5.32 Å². The Kier molecular flexibility index (Phi) is 3.45. The van der Waals surface area contributed by atoms with Crippen LogP contribution in [-0.2, 0) is 0 Å². The van der Waals surface area contributed by atoms with Crippen LogP contribution in [0.4, 0.5) is 10.5 Å². The second-order valence-corrected chi connectivity index (χ2v) is 4.39. The Morgan fingerprint density at radius 1 is 1.50 bits per heavy atom. The maximum absolute atomic E-state index is 10.5. The highest BCUT2D eigenvalue weighted by Crippen LogP contribution is 2.28. The third-order valence-electron chi connectivity index (χ3n) is 3.20. The summed E-state index contributed by atoms with van der Waals surface area (Å²) in [6, 6.07) is 0.0924. The molecule has 8 heteroatoms. The maximum Gasteiger partial charge on any atom is 0.404 e. The summed E-state index contributed by atoms with van der Waals surface area (Å²) in [6.07, 6.45) is 4.65. The fourth-order valence-corrected chi connectivity index (χ4v) is 2.28. The topological polar surface area (TPSA) is 110 Å². The molecule has 2 N–H and O–H groups in total. The third-order valence-corrected chi connectivity index (χ3v) is 3.20. The van der Waals surface area contributed by atoms with Gasteiger partial charge in [0.05, 0.1) is 11.0 Å². The quantitative estimate of drug-likeness (QED) is 0.628. The van der Waals surface area contributed by atoms with Crippen molar-refractivity contribution in [1.82, 2.24) is 15.1 Å². The number of nitrogens with zero attached hydrogens (tertiary/aromatic N) is 3. The molecule has 0 saturated heterocycles. The van der Waals surface area contributed by atoms with Crippen molar-refractivity contribution in [3.8, 4) is 0 Å². The molecule has 0 aliphatic heterocycles. The first-order valence-electron chi connectivity index (χ1n) is 5.74. The lowest BCUT2D eigenvalue weighted by molar-refractivity contribution is -0.385. The Balaban J connectivity index is 1.92. The van der Waals surface area contributed by atoms with E-state index in [1.54, 1.807) is 4.68 Å². The number of rotatable bonds is 3. The summed E-state index contributed by atoms with van der Waals surface area (Å²) >= 11 is 0. The van der Waals surface area contributed by atoms with Gasteiger partial charge in [0.2, 0.25) is 0 Å². The number of carbonyl (C=O) groups is 1. The molecule has 0 aromatic carbocycles. The van der Waals surface area contributed by atoms with E-state index in [9.17, 15) is 14.9 Å². The number of carboxylic acid groups (broad SMARTS) is 1. The van der Waals surface area contributed by atoms with Crippen molar-refractivity contribution in [2.24, 2.45) is 0 Å². The molecule has 1 heterocycles. The van der Waals surface area contributed by atoms with Crippen LogP contribution in [0.5, 0.6) is 0 Å². The molecule has 1 saturated carbocycles. The fraction of sp³-hybridized carbons (Fsp3) is 0.600. The number of amides is 1. The summed E-state index contributed by atoms with van der Waals surface area (Å²) in [4.78, 5) is 20.6. The van der Waals surface area contributed by atoms with E-state index >= 15 is 0 Å². The molecule has 1 aliphatic rings. The van der Waals surface area contributed by atoms with Gasteiger partial charge in [0.25, 0.3) is 0 Å². The van der Waals surface area contributed by atoms with Crippen LogP contribution in [0.2, 0.25) is 0 Å². The average molecular weight is 254 g/mol. The van der Waals surface area contributed by atoms with Crippen molar-refractivity contribution in [3.05, 3.63) is 22.5 Å². The largest absolute Gasteiger partial charge is 0.465 e. The number of hydrogen-bond donors (Lipinski definition) is 2. The van der Waals surface area contributed by atoms with Gasteiger partial charge in [-0.1, -0.05) is 0 Å². The number of aromatic nitrogens is 2. The van der Waals surface area contributed by atoms with Crippen molar-refractivity contribution in [2.45, 2.75) is 37.8 Å². The van der Waals surface area contributed by atoms with E-state index in [1.165, 1.54) is 12.4 Å². The molecular formula is C10H14N4O4. The summed E-state index contributed by atoms with van der Waals surface area (Å²) in [6.45, 7) is 0. The summed E-state index contributed by atoms with van der Waals surface area (Å²) in [7, 11) is 0. The summed E-state index contributed by atoms with van der Waals surface area (Å²) in [5, 5.41) is 25.6. The number of nitro groups is 1. The van der Waals surface area contributed by atoms with Gasteiger partial charge in [-0.25, -0.2) is 4.79 Å². The van der Waals surface area contributed by atoms with E-state index < -0.39 is 11.0 Å². The van der Waals surface area contributed by atoms with Gasteiger partial charge in [-0.15, -0.1) is 0 Å². The second kappa shape index (κ2) is 5.03. The lowest BCUT2D eigenvalue weighted by atomic mass is 9.91. The molecular weight excluding hydrogens is 240 g/mol. The van der Waals surface area contributed by atoms with E-state index in [2.05, 4.69) is 10.4 Å². The van der Waals surface area contributed by atoms with Gasteiger partial charge in [0, 0.05) is 6.04 Å². The van der Waals surface area contributed by atoms with Crippen LogP contribution >= 0.6 is 0 Å². The molecule has 1 fully saturated rings. The van der Waals surface area contributed by atoms with Crippen molar-refractivity contribution >= 4 is 11.8 Å². The van der Waals surface area contributed by atoms with Crippen LogP contribution in [0.3, 0.4) is 0 Å². The monoisotopic (exact) mass is 254 g/mol. The summed E-state index contributed by atoms with van der Waals surface area (Å²) < 4.78 is 1.61. The molecule has 1 aromatic heterocycles. The SMILES string of the molecule is O=C(O)N[C@H]1CC[C@H](n2cc([N+](=O)[O-])cn2)CC1. The minimum atomic E-state index is -1.01. The Labute approximate surface area is 103 Å². The van der Waals surface area contributed by atoms with Gasteiger partial charge in [0.15, 0.2) is 0 Å². The molecule has 1 aromatic rings. The van der Waals surface area contributed by atoms with Crippen LogP contribution in [0.1, 0.15) is 31.7 Å². The van der Waals surface area contributed by atoms with Gasteiger partial charge < -0.3 is 10.4 Å². The van der Waals surface area contributed by atoms with Gasteiger partial charge in [0.1, 0.15) is 12.4 Å². The first-order valence-corrected chi connectivity index (χ1v) is 5.74. The molecule has 8 nitrogen and oxygen atoms in total. The van der Waals surface area contributed by atoms with E-state index in [-0.39, 0.29) is 17.8 Å². The predicted molar refractivity (Wildman–Crippen MR) is 61.3 cm³/mol. The second-order valence-electron chi connectivity index (χ2n) is 4.39. The Hall–Kier alpha value is -2.12. The van der Waals surface area contributed by atoms with Crippen LogP contribution in [-0.4, -0.2) is 31.9 Å². The van der Waals surface area contributed by atoms with Crippen molar-refractivity contribution < 1.29 is 14.8 Å². The maximum atomic E-state index is 10.5. The van der Waals surface area contributed by atoms with E-state index in [0.717, 1.165) is 25.7 Å². The van der Waals surface area contributed by atoms with Gasteiger partial charge in [-0.05, 0) is 25.7 Å². The molecule has 98 valence electrons. The number of hydrogen-bond acceptors (Lipinski definition) is 4. The molecule has 0 unspecified atom stereocenters. The lowest BCUT2D eigenvalue weighted by Crippen LogP contribution is -2.37. The Bertz CT molecular complexity index is 450. The highest BCUT2D eigenvalue weighted by molar-refractivity contribution is 5.64. The van der Waals surface area contributed by atoms with Crippen LogP contribution in [0, 0.1) is 10.1 Å². The zero-order valence-corrected chi connectivity index (χ0v) is 9.65. The van der Waals surface area contributed by atoms with Crippen LogP contribution in [0.25, 0.3) is 0 Å². The van der Waals surface area contributed by atoms with E-state index in [0.29, 0.717) is 0 Å². The fourth-order valence-electron chi connectivity index (χ4n) is 2.28. The zero-order valence-electron chi connectivity index (χ0n) is 9.65. The smallest absolute Gasteiger partial charge is 0.404 e. The zero-order chi connectivity index (χ0) is 13.1. The molecule has 0 spiro atoms. The Morgan fingerprint density at radius 3 is 2.67 bits per heavy atom. The molecule has 1 aliphatic carbocycles. The Morgan fingerprint density at radius 2 is 2.17 bits per heavy atom. The normalized spacial score (nSPS) is 23.6. The molecule has 0 atom stereocenters. The van der Waals surface area contributed by atoms with Gasteiger partial charge in [-0.3, -0.25) is 14.8 Å². The van der Waals surface area contributed by atoms with Crippen LogP contribution in [0.15, 0.2) is 12.4 Å². The minimum Gasteiger partial charge on any atom is -0.465 e. The highest BCUT2D eigenvalue weighted by Gasteiger charge is 2.24. The minimum absolute atomic E-state index is 0.0132. The molecule has 0 bridgehead atoms. The molecule has 1 amide bonds. The molecule has 2 rings (SSSR count). The predicted octanol–water partition coefficient (Wildman–Crippen LogP) is 1.54. The highest BCUT2D eigenvalue weighted by atomic mass is 16.6. The third kappa shape index (κ3) is 2.76.